The molecule has 0 saturated carbocycles. The van der Waals surface area contributed by atoms with Crippen LogP contribution in [0, 0.1) is 11.3 Å². The number of hydrogen-bond donors (Lipinski definition) is 0. The average Bonchev–Trinajstić information content (AvgIpc) is 2.75. The highest BCUT2D eigenvalue weighted by Gasteiger charge is 2.37. The van der Waals surface area contributed by atoms with Crippen LogP contribution in [0.15, 0.2) is 17.1 Å². The summed E-state index contributed by atoms with van der Waals surface area (Å²) >= 11 is 0. The number of aliphatic imine (C=N–C) groups is 1. The summed E-state index contributed by atoms with van der Waals surface area (Å²) in [5, 5.41) is 9.72. The van der Waals surface area contributed by atoms with Gasteiger partial charge in [-0.2, -0.15) is 5.26 Å². The van der Waals surface area contributed by atoms with E-state index in [0.717, 1.165) is 5.69 Å². The van der Waals surface area contributed by atoms with E-state index in [0.29, 0.717) is 43.2 Å². The third-order valence-corrected chi connectivity index (χ3v) is 4.53. The van der Waals surface area contributed by atoms with Crippen molar-refractivity contribution < 1.29 is 14.3 Å². The SMILES string of the molecule is CN(C)/C=N/c1ccc2c(c1C#N)OC[C@H]1CN2CCN1C(=O)OC(C)(C)C. The van der Waals surface area contributed by atoms with Gasteiger partial charge < -0.3 is 19.3 Å². The highest BCUT2D eigenvalue weighted by Crippen LogP contribution is 2.40. The van der Waals surface area contributed by atoms with E-state index < -0.39 is 5.60 Å². The van der Waals surface area contributed by atoms with Gasteiger partial charge in [-0.05, 0) is 32.9 Å². The Morgan fingerprint density at radius 3 is 2.79 bits per heavy atom. The molecular formula is C20H27N5O3. The van der Waals surface area contributed by atoms with Gasteiger partial charge in [0.1, 0.15) is 23.8 Å². The molecule has 2 aliphatic heterocycles. The van der Waals surface area contributed by atoms with E-state index in [1.165, 1.54) is 0 Å². The molecular weight excluding hydrogens is 358 g/mol. The lowest BCUT2D eigenvalue weighted by Crippen LogP contribution is -2.57. The summed E-state index contributed by atoms with van der Waals surface area (Å²) in [7, 11) is 3.74. The molecule has 1 aromatic rings. The van der Waals surface area contributed by atoms with Gasteiger partial charge in [-0.15, -0.1) is 0 Å². The number of nitrogens with zero attached hydrogens (tertiary/aromatic N) is 5. The normalized spacial score (nSPS) is 18.8. The van der Waals surface area contributed by atoms with Crippen LogP contribution >= 0.6 is 0 Å². The van der Waals surface area contributed by atoms with Crippen LogP contribution in [0.2, 0.25) is 0 Å². The topological polar surface area (TPSA) is 81.4 Å². The van der Waals surface area contributed by atoms with Crippen LogP contribution in [0.3, 0.4) is 0 Å². The van der Waals surface area contributed by atoms with Crippen molar-refractivity contribution in [1.29, 1.82) is 5.26 Å². The highest BCUT2D eigenvalue weighted by molar-refractivity contribution is 5.76. The Kier molecular flexibility index (Phi) is 5.36. The van der Waals surface area contributed by atoms with Gasteiger partial charge in [0.25, 0.3) is 0 Å². The zero-order chi connectivity index (χ0) is 20.5. The number of carbonyl (C=O) groups is 1. The molecule has 0 spiro atoms. The maximum absolute atomic E-state index is 12.6. The third-order valence-electron chi connectivity index (χ3n) is 4.53. The predicted octanol–water partition coefficient (Wildman–Crippen LogP) is 2.60. The molecule has 3 rings (SSSR count). The second kappa shape index (κ2) is 7.58. The van der Waals surface area contributed by atoms with Gasteiger partial charge in [0.15, 0.2) is 5.75 Å². The standard InChI is InChI=1S/C20H27N5O3/c1-20(2,3)28-19(26)25-9-8-24-11-14(25)12-27-18-15(10-21)16(6-7-17(18)24)22-13-23(4)5/h6-7,13-14H,8-9,11-12H2,1-5H3/b22-13+/t14-/m1/s1. The van der Waals surface area contributed by atoms with Crippen molar-refractivity contribution >= 4 is 23.8 Å². The number of fused-ring (bicyclic) bond motifs is 4. The number of carbonyl (C=O) groups excluding carboxylic acids is 1. The van der Waals surface area contributed by atoms with E-state index in [1.807, 2.05) is 51.9 Å². The molecule has 1 saturated heterocycles. The van der Waals surface area contributed by atoms with Gasteiger partial charge in [0.05, 0.1) is 23.8 Å². The van der Waals surface area contributed by atoms with E-state index in [1.54, 1.807) is 11.2 Å². The molecule has 1 aromatic carbocycles. The summed E-state index contributed by atoms with van der Waals surface area (Å²) in [4.78, 5) is 22.7. The third kappa shape index (κ3) is 4.14. The first-order chi connectivity index (χ1) is 13.2. The molecule has 0 radical (unpaired) electrons. The molecule has 0 N–H and O–H groups in total. The van der Waals surface area contributed by atoms with Crippen molar-refractivity contribution in [3.63, 3.8) is 0 Å². The van der Waals surface area contributed by atoms with Crippen molar-refractivity contribution in [2.45, 2.75) is 32.4 Å². The van der Waals surface area contributed by atoms with Crippen LogP contribution < -0.4 is 9.64 Å². The Bertz CT molecular complexity index is 822. The molecule has 1 amide bonds. The molecule has 0 aromatic heterocycles. The zero-order valence-electron chi connectivity index (χ0n) is 17.1. The number of piperazine rings is 1. The predicted molar refractivity (Wildman–Crippen MR) is 107 cm³/mol. The molecule has 1 fully saturated rings. The Morgan fingerprint density at radius 1 is 1.39 bits per heavy atom. The molecule has 0 unspecified atom stereocenters. The second-order valence-electron chi connectivity index (χ2n) is 8.21. The minimum atomic E-state index is -0.546. The number of nitriles is 1. The summed E-state index contributed by atoms with van der Waals surface area (Å²) in [6.07, 6.45) is 1.32. The first-order valence-electron chi connectivity index (χ1n) is 9.34. The minimum Gasteiger partial charge on any atom is -0.488 e. The maximum Gasteiger partial charge on any atom is 0.410 e. The van der Waals surface area contributed by atoms with Crippen molar-refractivity contribution in [2.75, 3.05) is 45.2 Å². The number of ether oxygens (including phenoxy) is 2. The maximum atomic E-state index is 12.6. The van der Waals surface area contributed by atoms with Gasteiger partial charge in [-0.25, -0.2) is 9.79 Å². The van der Waals surface area contributed by atoms with Gasteiger partial charge in [-0.3, -0.25) is 4.90 Å². The van der Waals surface area contributed by atoms with E-state index in [4.69, 9.17) is 9.47 Å². The lowest BCUT2D eigenvalue weighted by atomic mass is 10.1. The molecule has 8 heteroatoms. The fraction of sp³-hybridized carbons (Fsp3) is 0.550. The number of benzene rings is 1. The summed E-state index contributed by atoms with van der Waals surface area (Å²) in [5.74, 6) is 0.532. The van der Waals surface area contributed by atoms with Crippen LogP contribution in [0.5, 0.6) is 5.75 Å². The lowest BCUT2D eigenvalue weighted by molar-refractivity contribution is 0.00975. The molecule has 28 heavy (non-hydrogen) atoms. The van der Waals surface area contributed by atoms with Gasteiger partial charge in [-0.1, -0.05) is 0 Å². The second-order valence-corrected chi connectivity index (χ2v) is 8.21. The van der Waals surface area contributed by atoms with E-state index >= 15 is 0 Å². The van der Waals surface area contributed by atoms with Crippen LogP contribution in [0.1, 0.15) is 26.3 Å². The Hall–Kier alpha value is -2.95. The number of rotatable bonds is 2. The Balaban J connectivity index is 1.88. The number of anilines is 1. The molecule has 2 aliphatic rings. The summed E-state index contributed by atoms with van der Waals surface area (Å²) in [5.41, 5.74) is 1.30. The molecule has 0 aliphatic carbocycles. The van der Waals surface area contributed by atoms with Crippen molar-refractivity contribution in [1.82, 2.24) is 9.80 Å². The van der Waals surface area contributed by atoms with E-state index in [9.17, 15) is 10.1 Å². The molecule has 2 bridgehead atoms. The van der Waals surface area contributed by atoms with Crippen molar-refractivity contribution in [2.24, 2.45) is 4.99 Å². The van der Waals surface area contributed by atoms with E-state index in [-0.39, 0.29) is 12.1 Å². The zero-order valence-corrected chi connectivity index (χ0v) is 17.1. The summed E-state index contributed by atoms with van der Waals surface area (Å²) in [6.45, 7) is 7.71. The van der Waals surface area contributed by atoms with Gasteiger partial charge in [0, 0.05) is 33.7 Å². The Morgan fingerprint density at radius 2 is 2.14 bits per heavy atom. The highest BCUT2D eigenvalue weighted by atomic mass is 16.6. The first-order valence-corrected chi connectivity index (χ1v) is 9.34. The molecule has 150 valence electrons. The monoisotopic (exact) mass is 385 g/mol. The molecule has 8 nitrogen and oxygen atoms in total. The number of amides is 1. The van der Waals surface area contributed by atoms with Crippen LogP contribution in [-0.2, 0) is 4.74 Å². The number of hydrogen-bond acceptors (Lipinski definition) is 6. The van der Waals surface area contributed by atoms with Crippen LogP contribution in [-0.4, -0.2) is 74.2 Å². The summed E-state index contributed by atoms with van der Waals surface area (Å²) < 4.78 is 11.6. The van der Waals surface area contributed by atoms with Crippen molar-refractivity contribution in [3.8, 4) is 11.8 Å². The fourth-order valence-electron chi connectivity index (χ4n) is 3.31. The van der Waals surface area contributed by atoms with Crippen LogP contribution in [0.4, 0.5) is 16.2 Å². The fourth-order valence-corrected chi connectivity index (χ4v) is 3.31. The molecule has 1 atom stereocenters. The summed E-state index contributed by atoms with van der Waals surface area (Å²) in [6, 6.07) is 5.86. The quantitative estimate of drug-likeness (QED) is 0.575. The lowest BCUT2D eigenvalue weighted by Gasteiger charge is -2.40. The first kappa shape index (κ1) is 19.8. The van der Waals surface area contributed by atoms with Crippen LogP contribution in [0.25, 0.3) is 0 Å². The van der Waals surface area contributed by atoms with Crippen molar-refractivity contribution in [3.05, 3.63) is 17.7 Å². The molecule has 2 heterocycles. The minimum absolute atomic E-state index is 0.142. The van der Waals surface area contributed by atoms with E-state index in [2.05, 4.69) is 16.0 Å². The van der Waals surface area contributed by atoms with Gasteiger partial charge >= 0.3 is 6.09 Å². The smallest absolute Gasteiger partial charge is 0.410 e. The average molecular weight is 385 g/mol. The van der Waals surface area contributed by atoms with Gasteiger partial charge in [0.2, 0.25) is 0 Å². The largest absolute Gasteiger partial charge is 0.488 e. The Labute approximate surface area is 165 Å².